The van der Waals surface area contributed by atoms with Gasteiger partial charge in [-0.25, -0.2) is 8.42 Å². The highest BCUT2D eigenvalue weighted by atomic mass is 32.2. The van der Waals surface area contributed by atoms with Gasteiger partial charge in [-0.05, 0) is 25.6 Å². The summed E-state index contributed by atoms with van der Waals surface area (Å²) < 4.78 is 33.9. The van der Waals surface area contributed by atoms with Crippen molar-refractivity contribution in [2.45, 2.75) is 31.1 Å². The molecule has 0 radical (unpaired) electrons. The molecule has 1 heterocycles. The lowest BCUT2D eigenvalue weighted by Gasteiger charge is -2.31. The summed E-state index contributed by atoms with van der Waals surface area (Å²) in [5.41, 5.74) is 0. The van der Waals surface area contributed by atoms with E-state index in [1.54, 1.807) is 16.4 Å². The van der Waals surface area contributed by atoms with Gasteiger partial charge in [0.2, 0.25) is 10.0 Å². The van der Waals surface area contributed by atoms with Gasteiger partial charge in [0.15, 0.2) is 0 Å². The lowest BCUT2D eigenvalue weighted by Crippen LogP contribution is -2.47. The lowest BCUT2D eigenvalue weighted by molar-refractivity contribution is 0.222. The van der Waals surface area contributed by atoms with Crippen molar-refractivity contribution >= 4 is 20.8 Å². The van der Waals surface area contributed by atoms with Crippen LogP contribution in [-0.4, -0.2) is 57.5 Å². The highest BCUT2D eigenvalue weighted by Gasteiger charge is 2.29. The molecule has 26 heavy (non-hydrogen) atoms. The normalized spacial score (nSPS) is 16.8. The summed E-state index contributed by atoms with van der Waals surface area (Å²) >= 11 is 0. The van der Waals surface area contributed by atoms with Crippen LogP contribution < -0.4 is 4.74 Å². The monoisotopic (exact) mass is 376 g/mol. The van der Waals surface area contributed by atoms with Crippen LogP contribution in [0.4, 0.5) is 0 Å². The Morgan fingerprint density at radius 3 is 2.35 bits per heavy atom. The second-order valence-electron chi connectivity index (χ2n) is 6.87. The molecule has 5 nitrogen and oxygen atoms in total. The Kier molecular flexibility index (Phi) is 6.16. The SMILES string of the molecule is CCCCCOc1ccc(S(=O)(=O)N2CCN(C)CC2)c2ccccc12. The molecule has 0 saturated carbocycles. The molecule has 1 aliphatic heterocycles. The molecule has 0 spiro atoms. The van der Waals surface area contributed by atoms with Gasteiger partial charge in [0.25, 0.3) is 0 Å². The Morgan fingerprint density at radius 1 is 0.962 bits per heavy atom. The predicted molar refractivity (Wildman–Crippen MR) is 105 cm³/mol. The van der Waals surface area contributed by atoms with E-state index in [1.807, 2.05) is 31.3 Å². The van der Waals surface area contributed by atoms with Crippen molar-refractivity contribution in [2.24, 2.45) is 0 Å². The van der Waals surface area contributed by atoms with Gasteiger partial charge in [0.1, 0.15) is 5.75 Å². The van der Waals surface area contributed by atoms with E-state index in [1.165, 1.54) is 0 Å². The third-order valence-corrected chi connectivity index (χ3v) is 6.89. The van der Waals surface area contributed by atoms with Gasteiger partial charge in [-0.2, -0.15) is 4.31 Å². The van der Waals surface area contributed by atoms with E-state index in [4.69, 9.17) is 4.74 Å². The number of likely N-dealkylation sites (N-methyl/N-ethyl adjacent to an activating group) is 1. The standard InChI is InChI=1S/C20H28N2O3S/c1-3-4-7-16-25-19-10-11-20(18-9-6-5-8-17(18)19)26(23,24)22-14-12-21(2)13-15-22/h5-6,8-11H,3-4,7,12-16H2,1-2H3. The molecule has 0 aromatic heterocycles. The van der Waals surface area contributed by atoms with E-state index >= 15 is 0 Å². The van der Waals surface area contributed by atoms with Crippen LogP contribution in [0.2, 0.25) is 0 Å². The Labute approximate surface area is 156 Å². The van der Waals surface area contributed by atoms with Gasteiger partial charge in [-0.15, -0.1) is 0 Å². The molecular weight excluding hydrogens is 348 g/mol. The number of piperazine rings is 1. The number of nitrogens with zero attached hydrogens (tertiary/aromatic N) is 2. The van der Waals surface area contributed by atoms with Crippen LogP contribution in [0, 0.1) is 0 Å². The Hall–Kier alpha value is -1.63. The van der Waals surface area contributed by atoms with Crippen molar-refractivity contribution in [1.82, 2.24) is 9.21 Å². The molecule has 142 valence electrons. The fraction of sp³-hybridized carbons (Fsp3) is 0.500. The van der Waals surface area contributed by atoms with Crippen molar-refractivity contribution in [1.29, 1.82) is 0 Å². The highest BCUT2D eigenvalue weighted by Crippen LogP contribution is 2.33. The third-order valence-electron chi connectivity index (χ3n) is 4.93. The number of unbranched alkanes of at least 4 members (excludes halogenated alkanes) is 2. The molecule has 1 aliphatic rings. The average molecular weight is 377 g/mol. The van der Waals surface area contributed by atoms with Crippen LogP contribution in [0.25, 0.3) is 10.8 Å². The molecule has 0 bridgehead atoms. The maximum absolute atomic E-state index is 13.2. The van der Waals surface area contributed by atoms with Crippen molar-refractivity contribution in [3.05, 3.63) is 36.4 Å². The van der Waals surface area contributed by atoms with Crippen molar-refractivity contribution in [3.63, 3.8) is 0 Å². The van der Waals surface area contributed by atoms with E-state index in [2.05, 4.69) is 11.8 Å². The van der Waals surface area contributed by atoms with Gasteiger partial charge in [-0.1, -0.05) is 44.0 Å². The van der Waals surface area contributed by atoms with Gasteiger partial charge in [0, 0.05) is 37.0 Å². The number of benzene rings is 2. The summed E-state index contributed by atoms with van der Waals surface area (Å²) in [5, 5.41) is 1.60. The minimum atomic E-state index is -3.51. The summed E-state index contributed by atoms with van der Waals surface area (Å²) in [6.07, 6.45) is 3.28. The molecular formula is C20H28N2O3S. The molecule has 0 atom stereocenters. The van der Waals surface area contributed by atoms with E-state index in [0.29, 0.717) is 24.6 Å². The summed E-state index contributed by atoms with van der Waals surface area (Å²) in [6.45, 7) is 5.40. The van der Waals surface area contributed by atoms with E-state index in [9.17, 15) is 8.42 Å². The number of ether oxygens (including phenoxy) is 1. The van der Waals surface area contributed by atoms with Gasteiger partial charge < -0.3 is 9.64 Å². The van der Waals surface area contributed by atoms with Crippen LogP contribution in [-0.2, 0) is 10.0 Å². The fourth-order valence-electron chi connectivity index (χ4n) is 3.30. The van der Waals surface area contributed by atoms with Crippen molar-refractivity contribution in [3.8, 4) is 5.75 Å². The van der Waals surface area contributed by atoms with E-state index in [0.717, 1.165) is 48.9 Å². The minimum absolute atomic E-state index is 0.374. The van der Waals surface area contributed by atoms with E-state index in [-0.39, 0.29) is 0 Å². The molecule has 1 fully saturated rings. The van der Waals surface area contributed by atoms with Gasteiger partial charge in [0.05, 0.1) is 11.5 Å². The average Bonchev–Trinajstić information content (AvgIpc) is 2.65. The van der Waals surface area contributed by atoms with Crippen molar-refractivity contribution in [2.75, 3.05) is 39.8 Å². The van der Waals surface area contributed by atoms with Crippen LogP contribution in [0.15, 0.2) is 41.3 Å². The summed E-state index contributed by atoms with van der Waals surface area (Å²) in [4.78, 5) is 2.52. The first-order valence-corrected chi connectivity index (χ1v) is 10.8. The van der Waals surface area contributed by atoms with Crippen LogP contribution in [0.1, 0.15) is 26.2 Å². The molecule has 2 aromatic rings. The topological polar surface area (TPSA) is 49.9 Å². The smallest absolute Gasteiger partial charge is 0.243 e. The molecule has 0 amide bonds. The number of fused-ring (bicyclic) bond motifs is 1. The molecule has 0 N–H and O–H groups in total. The number of hydrogen-bond acceptors (Lipinski definition) is 4. The third kappa shape index (κ3) is 4.03. The number of hydrogen-bond donors (Lipinski definition) is 0. The zero-order valence-electron chi connectivity index (χ0n) is 15.6. The molecule has 6 heteroatoms. The van der Waals surface area contributed by atoms with Crippen LogP contribution in [0.5, 0.6) is 5.75 Å². The number of rotatable bonds is 7. The molecule has 0 aliphatic carbocycles. The van der Waals surface area contributed by atoms with Crippen LogP contribution >= 0.6 is 0 Å². The summed E-state index contributed by atoms with van der Waals surface area (Å²) in [6, 6.07) is 11.1. The fourth-order valence-corrected chi connectivity index (χ4v) is 4.91. The second-order valence-corrected chi connectivity index (χ2v) is 8.78. The number of sulfonamides is 1. The van der Waals surface area contributed by atoms with E-state index < -0.39 is 10.0 Å². The van der Waals surface area contributed by atoms with Crippen molar-refractivity contribution < 1.29 is 13.2 Å². The second kappa shape index (κ2) is 8.37. The highest BCUT2D eigenvalue weighted by molar-refractivity contribution is 7.89. The predicted octanol–water partition coefficient (Wildman–Crippen LogP) is 3.34. The Bertz CT molecular complexity index is 843. The van der Waals surface area contributed by atoms with Crippen LogP contribution in [0.3, 0.4) is 0 Å². The Balaban J connectivity index is 1.92. The zero-order valence-corrected chi connectivity index (χ0v) is 16.5. The molecule has 1 saturated heterocycles. The Morgan fingerprint density at radius 2 is 1.65 bits per heavy atom. The first-order chi connectivity index (χ1) is 12.5. The largest absolute Gasteiger partial charge is 0.493 e. The van der Waals surface area contributed by atoms with Gasteiger partial charge in [-0.3, -0.25) is 0 Å². The van der Waals surface area contributed by atoms with Gasteiger partial charge >= 0.3 is 0 Å². The quantitative estimate of drug-likeness (QED) is 0.696. The zero-order chi connectivity index (χ0) is 18.6. The molecule has 2 aromatic carbocycles. The first-order valence-electron chi connectivity index (χ1n) is 9.37. The first kappa shape index (κ1) is 19.1. The minimum Gasteiger partial charge on any atom is -0.493 e. The lowest BCUT2D eigenvalue weighted by atomic mass is 10.1. The molecule has 3 rings (SSSR count). The molecule has 0 unspecified atom stereocenters. The maximum Gasteiger partial charge on any atom is 0.243 e. The summed E-state index contributed by atoms with van der Waals surface area (Å²) in [7, 11) is -1.49. The summed E-state index contributed by atoms with van der Waals surface area (Å²) in [5.74, 6) is 0.758. The maximum atomic E-state index is 13.2.